The molecule has 1 heterocycles. The molecule has 4 atom stereocenters. The van der Waals surface area contributed by atoms with Crippen LogP contribution < -0.4 is 0 Å². The van der Waals surface area contributed by atoms with E-state index in [1.165, 1.54) is 5.56 Å². The van der Waals surface area contributed by atoms with Gasteiger partial charge < -0.3 is 9.47 Å². The van der Waals surface area contributed by atoms with Crippen LogP contribution in [-0.2, 0) is 20.9 Å². The fourth-order valence-corrected chi connectivity index (χ4v) is 4.40. The molecular weight excluding hydrogens is 355 g/mol. The lowest BCUT2D eigenvalue weighted by atomic mass is 9.94. The first-order valence-electron chi connectivity index (χ1n) is 6.69. The van der Waals surface area contributed by atoms with Crippen LogP contribution in [0.2, 0.25) is 0 Å². The first-order chi connectivity index (χ1) is 9.24. The number of hydrogen-bond acceptors (Lipinski definition) is 3. The van der Waals surface area contributed by atoms with Crippen molar-refractivity contribution in [3.05, 3.63) is 35.9 Å². The fourth-order valence-electron chi connectivity index (χ4n) is 3.07. The maximum absolute atomic E-state index is 11.4. The number of hydrogen-bond donors (Lipinski definition) is 0. The number of rotatable bonds is 4. The van der Waals surface area contributed by atoms with Crippen molar-refractivity contribution < 1.29 is 14.3 Å². The van der Waals surface area contributed by atoms with Crippen LogP contribution in [0.5, 0.6) is 0 Å². The third kappa shape index (κ3) is 2.94. The molecule has 2 fully saturated rings. The number of carbonyl (C=O) groups is 1. The SMILES string of the molecule is O=C1CC2C(O1)C(I)C[C@H]2COCc1ccccc1. The van der Waals surface area contributed by atoms with Gasteiger partial charge in [0.25, 0.3) is 0 Å². The average molecular weight is 372 g/mol. The lowest BCUT2D eigenvalue weighted by molar-refractivity contribution is -0.141. The van der Waals surface area contributed by atoms with E-state index in [0.29, 0.717) is 28.8 Å². The predicted molar refractivity (Wildman–Crippen MR) is 80.0 cm³/mol. The van der Waals surface area contributed by atoms with E-state index in [1.807, 2.05) is 18.2 Å². The van der Waals surface area contributed by atoms with Crippen LogP contribution in [0.15, 0.2) is 30.3 Å². The van der Waals surface area contributed by atoms with E-state index in [0.717, 1.165) is 13.0 Å². The van der Waals surface area contributed by atoms with Crippen molar-refractivity contribution >= 4 is 28.6 Å². The summed E-state index contributed by atoms with van der Waals surface area (Å²) in [6.45, 7) is 1.38. The normalized spacial score (nSPS) is 33.2. The van der Waals surface area contributed by atoms with Gasteiger partial charge in [0.15, 0.2) is 0 Å². The summed E-state index contributed by atoms with van der Waals surface area (Å²) < 4.78 is 11.7. The second-order valence-corrected chi connectivity index (χ2v) is 6.93. The van der Waals surface area contributed by atoms with Crippen LogP contribution in [0.1, 0.15) is 18.4 Å². The van der Waals surface area contributed by atoms with Crippen LogP contribution in [0.3, 0.4) is 0 Å². The van der Waals surface area contributed by atoms with Crippen molar-refractivity contribution in [1.29, 1.82) is 0 Å². The highest BCUT2D eigenvalue weighted by molar-refractivity contribution is 14.1. The summed E-state index contributed by atoms with van der Waals surface area (Å²) in [6, 6.07) is 10.2. The number of benzene rings is 1. The van der Waals surface area contributed by atoms with Gasteiger partial charge in [-0.1, -0.05) is 52.9 Å². The third-order valence-electron chi connectivity index (χ3n) is 4.03. The molecule has 1 saturated carbocycles. The number of halogens is 1. The molecule has 0 spiro atoms. The Hall–Kier alpha value is -0.620. The Labute approximate surface area is 126 Å². The topological polar surface area (TPSA) is 35.5 Å². The largest absolute Gasteiger partial charge is 0.461 e. The molecule has 1 aliphatic heterocycles. The van der Waals surface area contributed by atoms with Gasteiger partial charge >= 0.3 is 5.97 Å². The molecule has 0 N–H and O–H groups in total. The highest BCUT2D eigenvalue weighted by Crippen LogP contribution is 2.44. The van der Waals surface area contributed by atoms with E-state index in [9.17, 15) is 4.79 Å². The molecule has 0 aromatic heterocycles. The van der Waals surface area contributed by atoms with E-state index in [-0.39, 0.29) is 12.1 Å². The number of ether oxygens (including phenoxy) is 2. The maximum atomic E-state index is 11.4. The summed E-state index contributed by atoms with van der Waals surface area (Å²) in [5.74, 6) is 0.789. The molecule has 102 valence electrons. The molecule has 1 aromatic rings. The van der Waals surface area contributed by atoms with E-state index in [1.54, 1.807) is 0 Å². The molecule has 1 aliphatic carbocycles. The van der Waals surface area contributed by atoms with Gasteiger partial charge in [-0.05, 0) is 17.9 Å². The standard InChI is InChI=1S/C15H17IO3/c16-13-6-11(12-7-14(17)19-15(12)13)9-18-8-10-4-2-1-3-5-10/h1-5,11-13,15H,6-9H2/t11-,12?,13?,15?/m0/s1. The van der Waals surface area contributed by atoms with E-state index >= 15 is 0 Å². The Morgan fingerprint density at radius 2 is 2.11 bits per heavy atom. The first-order valence-corrected chi connectivity index (χ1v) is 7.94. The Kier molecular flexibility index (Phi) is 4.07. The van der Waals surface area contributed by atoms with Gasteiger partial charge in [-0.2, -0.15) is 0 Å². The minimum absolute atomic E-state index is 0.0376. The predicted octanol–water partition coefficient (Wildman–Crippen LogP) is 2.96. The highest BCUT2D eigenvalue weighted by Gasteiger charge is 2.49. The van der Waals surface area contributed by atoms with Gasteiger partial charge in [-0.25, -0.2) is 0 Å². The lowest BCUT2D eigenvalue weighted by Crippen LogP contribution is -2.20. The first kappa shape index (κ1) is 13.4. The zero-order chi connectivity index (χ0) is 13.2. The van der Waals surface area contributed by atoms with E-state index in [4.69, 9.17) is 9.47 Å². The third-order valence-corrected chi connectivity index (χ3v) is 5.24. The van der Waals surface area contributed by atoms with Gasteiger partial charge in [0.05, 0.1) is 19.6 Å². The molecule has 3 unspecified atom stereocenters. The Balaban J connectivity index is 1.52. The Morgan fingerprint density at radius 3 is 2.89 bits per heavy atom. The van der Waals surface area contributed by atoms with Gasteiger partial charge in [-0.3, -0.25) is 4.79 Å². The average Bonchev–Trinajstić information content (AvgIpc) is 2.92. The van der Waals surface area contributed by atoms with E-state index in [2.05, 4.69) is 34.7 Å². The molecule has 3 rings (SSSR count). The summed E-state index contributed by atoms with van der Waals surface area (Å²) in [4.78, 5) is 11.4. The minimum atomic E-state index is -0.0376. The molecule has 1 aromatic carbocycles. The van der Waals surface area contributed by atoms with Crippen LogP contribution in [0, 0.1) is 11.8 Å². The van der Waals surface area contributed by atoms with Crippen molar-refractivity contribution in [3.8, 4) is 0 Å². The Morgan fingerprint density at radius 1 is 1.32 bits per heavy atom. The fraction of sp³-hybridized carbons (Fsp3) is 0.533. The number of alkyl halides is 1. The summed E-state index contributed by atoms with van der Waals surface area (Å²) in [5, 5.41) is 0. The van der Waals surface area contributed by atoms with Crippen molar-refractivity contribution in [1.82, 2.24) is 0 Å². The molecule has 3 nitrogen and oxygen atoms in total. The van der Waals surface area contributed by atoms with Crippen LogP contribution in [0.25, 0.3) is 0 Å². The highest BCUT2D eigenvalue weighted by atomic mass is 127. The molecule has 2 aliphatic rings. The van der Waals surface area contributed by atoms with Gasteiger partial charge in [0.1, 0.15) is 6.10 Å². The van der Waals surface area contributed by atoms with E-state index < -0.39 is 0 Å². The molecule has 4 heteroatoms. The molecule has 0 bridgehead atoms. The summed E-state index contributed by atoms with van der Waals surface area (Å²) in [7, 11) is 0. The smallest absolute Gasteiger partial charge is 0.306 e. The second kappa shape index (κ2) is 5.79. The number of fused-ring (bicyclic) bond motifs is 1. The summed E-state index contributed by atoms with van der Waals surface area (Å²) in [5.41, 5.74) is 1.20. The summed E-state index contributed by atoms with van der Waals surface area (Å²) in [6.07, 6.45) is 1.79. The lowest BCUT2D eigenvalue weighted by Gasteiger charge is -2.15. The van der Waals surface area contributed by atoms with Crippen LogP contribution in [-0.4, -0.2) is 22.6 Å². The molecule has 19 heavy (non-hydrogen) atoms. The zero-order valence-corrected chi connectivity index (χ0v) is 12.8. The maximum Gasteiger partial charge on any atom is 0.306 e. The zero-order valence-electron chi connectivity index (χ0n) is 10.6. The van der Waals surface area contributed by atoms with Crippen molar-refractivity contribution in [2.24, 2.45) is 11.8 Å². The second-order valence-electron chi connectivity index (χ2n) is 5.33. The van der Waals surface area contributed by atoms with Gasteiger partial charge in [-0.15, -0.1) is 0 Å². The molecule has 0 radical (unpaired) electrons. The molecule has 0 amide bonds. The van der Waals surface area contributed by atoms with Crippen molar-refractivity contribution in [2.45, 2.75) is 29.5 Å². The monoisotopic (exact) mass is 372 g/mol. The number of esters is 1. The van der Waals surface area contributed by atoms with Crippen LogP contribution >= 0.6 is 22.6 Å². The summed E-state index contributed by atoms with van der Waals surface area (Å²) >= 11 is 2.40. The van der Waals surface area contributed by atoms with Crippen LogP contribution in [0.4, 0.5) is 0 Å². The number of carbonyl (C=O) groups excluding carboxylic acids is 1. The Bertz CT molecular complexity index is 448. The minimum Gasteiger partial charge on any atom is -0.461 e. The van der Waals surface area contributed by atoms with Crippen molar-refractivity contribution in [2.75, 3.05) is 6.61 Å². The quantitative estimate of drug-likeness (QED) is 0.463. The molecule has 1 saturated heterocycles. The molecular formula is C15H17IO3. The van der Waals surface area contributed by atoms with Crippen molar-refractivity contribution in [3.63, 3.8) is 0 Å². The van der Waals surface area contributed by atoms with Gasteiger partial charge in [0, 0.05) is 9.84 Å². The van der Waals surface area contributed by atoms with Gasteiger partial charge in [0.2, 0.25) is 0 Å².